The molecule has 2 heteroatoms. The Bertz CT molecular complexity index is 166. The van der Waals surface area contributed by atoms with Gasteiger partial charge in [-0.3, -0.25) is 4.90 Å². The average molecular weight is 212 g/mol. The molecule has 0 aromatic heterocycles. The normalized spacial score (nSPS) is 25.8. The predicted octanol–water partition coefficient (Wildman–Crippen LogP) is 2.64. The zero-order chi connectivity index (χ0) is 11.3. The van der Waals surface area contributed by atoms with Crippen LogP contribution in [0.4, 0.5) is 0 Å². The predicted molar refractivity (Wildman–Crippen MR) is 67.2 cm³/mol. The Morgan fingerprint density at radius 3 is 2.47 bits per heavy atom. The number of hydrogen-bond donors (Lipinski definition) is 1. The third-order valence-corrected chi connectivity index (χ3v) is 4.04. The van der Waals surface area contributed by atoms with Crippen molar-refractivity contribution in [1.82, 2.24) is 10.2 Å². The summed E-state index contributed by atoms with van der Waals surface area (Å²) >= 11 is 0. The lowest BCUT2D eigenvalue weighted by Crippen LogP contribution is -2.53. The summed E-state index contributed by atoms with van der Waals surface area (Å²) in [6.07, 6.45) is 6.77. The minimum Gasteiger partial charge on any atom is -0.316 e. The van der Waals surface area contributed by atoms with Gasteiger partial charge in [0.25, 0.3) is 0 Å². The van der Waals surface area contributed by atoms with E-state index in [0.717, 1.165) is 12.1 Å². The van der Waals surface area contributed by atoms with Crippen molar-refractivity contribution >= 4 is 0 Å². The molecule has 2 nitrogen and oxygen atoms in total. The van der Waals surface area contributed by atoms with Gasteiger partial charge in [0.2, 0.25) is 0 Å². The number of nitrogens with zero attached hydrogens (tertiary/aromatic N) is 1. The van der Waals surface area contributed by atoms with E-state index in [1.807, 2.05) is 0 Å². The van der Waals surface area contributed by atoms with Crippen LogP contribution in [0.3, 0.4) is 0 Å². The van der Waals surface area contributed by atoms with Gasteiger partial charge in [0.15, 0.2) is 0 Å². The highest BCUT2D eigenvalue weighted by Crippen LogP contribution is 2.24. The van der Waals surface area contributed by atoms with Gasteiger partial charge in [-0.1, -0.05) is 20.3 Å². The van der Waals surface area contributed by atoms with Crippen molar-refractivity contribution in [2.75, 3.05) is 13.6 Å². The molecule has 1 aliphatic rings. The van der Waals surface area contributed by atoms with Crippen LogP contribution in [0.15, 0.2) is 0 Å². The van der Waals surface area contributed by atoms with Crippen molar-refractivity contribution in [3.63, 3.8) is 0 Å². The van der Waals surface area contributed by atoms with Crippen LogP contribution in [0, 0.1) is 0 Å². The topological polar surface area (TPSA) is 15.3 Å². The van der Waals surface area contributed by atoms with Crippen molar-refractivity contribution in [3.8, 4) is 0 Å². The molecule has 0 spiro atoms. The summed E-state index contributed by atoms with van der Waals surface area (Å²) in [5.74, 6) is 0. The molecule has 0 bridgehead atoms. The van der Waals surface area contributed by atoms with E-state index in [1.165, 1.54) is 38.6 Å². The van der Waals surface area contributed by atoms with Crippen molar-refractivity contribution in [2.24, 2.45) is 0 Å². The largest absolute Gasteiger partial charge is 0.316 e. The van der Waals surface area contributed by atoms with E-state index < -0.39 is 0 Å². The van der Waals surface area contributed by atoms with Gasteiger partial charge in [0, 0.05) is 18.1 Å². The maximum atomic E-state index is 3.43. The van der Waals surface area contributed by atoms with Gasteiger partial charge in [-0.2, -0.15) is 0 Å². The summed E-state index contributed by atoms with van der Waals surface area (Å²) in [5.41, 5.74) is 0. The number of likely N-dealkylation sites (tertiary alicyclic amines) is 1. The molecule has 0 radical (unpaired) electrons. The molecule has 1 heterocycles. The Morgan fingerprint density at radius 2 is 1.93 bits per heavy atom. The number of hydrogen-bond acceptors (Lipinski definition) is 2. The van der Waals surface area contributed by atoms with Crippen LogP contribution in [0.25, 0.3) is 0 Å². The lowest BCUT2D eigenvalue weighted by molar-refractivity contribution is 0.0701. The van der Waals surface area contributed by atoms with Crippen molar-refractivity contribution < 1.29 is 0 Å². The third-order valence-electron chi connectivity index (χ3n) is 4.04. The molecule has 15 heavy (non-hydrogen) atoms. The number of rotatable bonds is 5. The second-order valence-corrected chi connectivity index (χ2v) is 4.85. The zero-order valence-electron chi connectivity index (χ0n) is 10.9. The van der Waals surface area contributed by atoms with Crippen LogP contribution >= 0.6 is 0 Å². The van der Waals surface area contributed by atoms with Gasteiger partial charge in [0.1, 0.15) is 0 Å². The summed E-state index contributed by atoms with van der Waals surface area (Å²) in [7, 11) is 2.09. The van der Waals surface area contributed by atoms with Crippen LogP contribution in [-0.2, 0) is 0 Å². The fraction of sp³-hybridized carbons (Fsp3) is 1.00. The van der Waals surface area contributed by atoms with E-state index in [0.29, 0.717) is 6.04 Å². The SMILES string of the molecule is CCC(CC)N1CCCCC1C(C)NC. The number of piperidine rings is 1. The minimum absolute atomic E-state index is 0.630. The first-order chi connectivity index (χ1) is 7.24. The standard InChI is InChI=1S/C13H28N2/c1-5-12(6-2)15-10-8-7-9-13(15)11(3)14-4/h11-14H,5-10H2,1-4H3. The van der Waals surface area contributed by atoms with Gasteiger partial charge in [-0.05, 0) is 46.2 Å². The van der Waals surface area contributed by atoms with Crippen LogP contribution in [0.1, 0.15) is 52.9 Å². The minimum atomic E-state index is 0.630. The lowest BCUT2D eigenvalue weighted by Gasteiger charge is -2.43. The average Bonchev–Trinajstić information content (AvgIpc) is 2.30. The van der Waals surface area contributed by atoms with E-state index in [9.17, 15) is 0 Å². The Balaban J connectivity index is 2.63. The molecular formula is C13H28N2. The fourth-order valence-electron chi connectivity index (χ4n) is 2.92. The van der Waals surface area contributed by atoms with Crippen molar-refractivity contribution in [3.05, 3.63) is 0 Å². The molecule has 0 aromatic rings. The molecule has 0 aromatic carbocycles. The number of nitrogens with one attached hydrogen (secondary N) is 1. The summed E-state index contributed by atoms with van der Waals surface area (Å²) in [6.45, 7) is 8.28. The lowest BCUT2D eigenvalue weighted by atomic mass is 9.93. The van der Waals surface area contributed by atoms with E-state index >= 15 is 0 Å². The second kappa shape index (κ2) is 6.49. The molecule has 2 unspecified atom stereocenters. The molecular weight excluding hydrogens is 184 g/mol. The summed E-state index contributed by atoms with van der Waals surface area (Å²) < 4.78 is 0. The van der Waals surface area contributed by atoms with Gasteiger partial charge in [-0.25, -0.2) is 0 Å². The molecule has 90 valence electrons. The molecule has 1 saturated heterocycles. The fourth-order valence-corrected chi connectivity index (χ4v) is 2.92. The molecule has 1 rings (SSSR count). The Labute approximate surface area is 95.4 Å². The molecule has 0 amide bonds. The summed E-state index contributed by atoms with van der Waals surface area (Å²) in [6, 6.07) is 2.19. The van der Waals surface area contributed by atoms with Gasteiger partial charge < -0.3 is 5.32 Å². The first kappa shape index (κ1) is 13.0. The highest BCUT2D eigenvalue weighted by Gasteiger charge is 2.29. The van der Waals surface area contributed by atoms with E-state index in [1.54, 1.807) is 0 Å². The van der Waals surface area contributed by atoms with E-state index in [4.69, 9.17) is 0 Å². The van der Waals surface area contributed by atoms with E-state index in [-0.39, 0.29) is 0 Å². The molecule has 0 aliphatic carbocycles. The zero-order valence-corrected chi connectivity index (χ0v) is 10.9. The maximum Gasteiger partial charge on any atom is 0.0249 e. The smallest absolute Gasteiger partial charge is 0.0249 e. The summed E-state index contributed by atoms with van der Waals surface area (Å²) in [4.78, 5) is 2.75. The van der Waals surface area contributed by atoms with Crippen LogP contribution in [0.5, 0.6) is 0 Å². The molecule has 1 aliphatic heterocycles. The molecule has 1 fully saturated rings. The Morgan fingerprint density at radius 1 is 1.27 bits per heavy atom. The maximum absolute atomic E-state index is 3.43. The number of likely N-dealkylation sites (N-methyl/N-ethyl adjacent to an activating group) is 1. The van der Waals surface area contributed by atoms with Gasteiger partial charge in [-0.15, -0.1) is 0 Å². The van der Waals surface area contributed by atoms with E-state index in [2.05, 4.69) is 38.0 Å². The monoisotopic (exact) mass is 212 g/mol. The third kappa shape index (κ3) is 3.18. The Hall–Kier alpha value is -0.0800. The van der Waals surface area contributed by atoms with Gasteiger partial charge in [0.05, 0.1) is 0 Å². The van der Waals surface area contributed by atoms with Crippen molar-refractivity contribution in [2.45, 2.75) is 71.0 Å². The second-order valence-electron chi connectivity index (χ2n) is 4.85. The first-order valence-electron chi connectivity index (χ1n) is 6.67. The van der Waals surface area contributed by atoms with Crippen molar-refractivity contribution in [1.29, 1.82) is 0 Å². The molecule has 2 atom stereocenters. The quantitative estimate of drug-likeness (QED) is 0.753. The first-order valence-corrected chi connectivity index (χ1v) is 6.67. The molecule has 1 N–H and O–H groups in total. The molecule has 0 saturated carbocycles. The van der Waals surface area contributed by atoms with Gasteiger partial charge >= 0.3 is 0 Å². The van der Waals surface area contributed by atoms with Crippen LogP contribution in [0.2, 0.25) is 0 Å². The van der Waals surface area contributed by atoms with Crippen LogP contribution in [-0.4, -0.2) is 36.6 Å². The summed E-state index contributed by atoms with van der Waals surface area (Å²) in [5, 5.41) is 3.43. The Kier molecular flexibility index (Phi) is 5.62. The highest BCUT2D eigenvalue weighted by atomic mass is 15.2. The van der Waals surface area contributed by atoms with Crippen LogP contribution < -0.4 is 5.32 Å². The highest BCUT2D eigenvalue weighted by molar-refractivity contribution is 4.87.